The van der Waals surface area contributed by atoms with E-state index in [9.17, 15) is 4.79 Å². The molecule has 2 aromatic carbocycles. The van der Waals surface area contributed by atoms with Crippen LogP contribution in [0.1, 0.15) is 40.0 Å². The first kappa shape index (κ1) is 18.3. The molecule has 0 fully saturated rings. The molecule has 7 heteroatoms. The molecule has 2 aromatic heterocycles. The Balaban J connectivity index is 1.58. The molecule has 4 aromatic rings. The van der Waals surface area contributed by atoms with Gasteiger partial charge in [0.15, 0.2) is 0 Å². The molecule has 0 aliphatic heterocycles. The highest BCUT2D eigenvalue weighted by molar-refractivity contribution is 6.07. The standard InChI is InChI=1S/C23H21N5O2/c24-21(29)17-11-6-10-16-19(17)28-30-20(16)23-26-18-12-5-4-9-15(18)22(27-23)25-13-14-7-2-1-3-8-14/h1-3,6-8,10-11H,4-5,9,12-13H2,(H2,24,29)(H,25,26,27). The van der Waals surface area contributed by atoms with Crippen molar-refractivity contribution in [2.24, 2.45) is 5.73 Å². The molecule has 2 heterocycles. The van der Waals surface area contributed by atoms with Crippen molar-refractivity contribution in [1.82, 2.24) is 15.1 Å². The second-order valence-corrected chi connectivity index (χ2v) is 7.45. The Labute approximate surface area is 173 Å². The molecule has 0 bridgehead atoms. The normalized spacial score (nSPS) is 13.2. The minimum Gasteiger partial charge on any atom is -0.366 e. The molecule has 1 aliphatic rings. The lowest BCUT2D eigenvalue weighted by atomic mass is 9.96. The zero-order valence-electron chi connectivity index (χ0n) is 16.4. The van der Waals surface area contributed by atoms with E-state index in [0.717, 1.165) is 37.2 Å². The predicted molar refractivity (Wildman–Crippen MR) is 114 cm³/mol. The van der Waals surface area contributed by atoms with Crippen LogP contribution in [-0.4, -0.2) is 21.0 Å². The lowest BCUT2D eigenvalue weighted by Crippen LogP contribution is -2.13. The van der Waals surface area contributed by atoms with Gasteiger partial charge in [-0.05, 0) is 43.4 Å². The third kappa shape index (κ3) is 3.28. The van der Waals surface area contributed by atoms with Crippen LogP contribution in [0.5, 0.6) is 0 Å². The number of nitrogens with one attached hydrogen (secondary N) is 1. The average Bonchev–Trinajstić information content (AvgIpc) is 3.22. The van der Waals surface area contributed by atoms with Crippen LogP contribution in [0, 0.1) is 0 Å². The number of amides is 1. The number of hydrogen-bond donors (Lipinski definition) is 2. The van der Waals surface area contributed by atoms with Crippen molar-refractivity contribution in [3.05, 3.63) is 70.9 Å². The monoisotopic (exact) mass is 399 g/mol. The topological polar surface area (TPSA) is 107 Å². The molecule has 7 nitrogen and oxygen atoms in total. The molecular formula is C23H21N5O2. The second-order valence-electron chi connectivity index (χ2n) is 7.45. The van der Waals surface area contributed by atoms with Gasteiger partial charge in [-0.3, -0.25) is 4.79 Å². The van der Waals surface area contributed by atoms with Crippen LogP contribution in [0.2, 0.25) is 0 Å². The summed E-state index contributed by atoms with van der Waals surface area (Å²) in [5.41, 5.74) is 9.62. The summed E-state index contributed by atoms with van der Waals surface area (Å²) in [7, 11) is 0. The van der Waals surface area contributed by atoms with Crippen molar-refractivity contribution in [2.45, 2.75) is 32.2 Å². The molecule has 0 saturated heterocycles. The minimum atomic E-state index is -0.544. The molecule has 30 heavy (non-hydrogen) atoms. The summed E-state index contributed by atoms with van der Waals surface area (Å²) < 4.78 is 5.59. The Morgan fingerprint density at radius 2 is 1.87 bits per heavy atom. The average molecular weight is 399 g/mol. The van der Waals surface area contributed by atoms with Crippen LogP contribution in [0.15, 0.2) is 53.1 Å². The third-order valence-electron chi connectivity index (χ3n) is 5.46. The first-order valence-electron chi connectivity index (χ1n) is 10.1. The molecule has 0 radical (unpaired) electrons. The van der Waals surface area contributed by atoms with Gasteiger partial charge in [0, 0.05) is 17.8 Å². The highest BCUT2D eigenvalue weighted by Gasteiger charge is 2.23. The lowest BCUT2D eigenvalue weighted by Gasteiger charge is -2.19. The molecule has 1 amide bonds. The molecule has 5 rings (SSSR count). The summed E-state index contributed by atoms with van der Waals surface area (Å²) in [5, 5.41) is 8.23. The number of rotatable bonds is 5. The fourth-order valence-electron chi connectivity index (χ4n) is 3.95. The molecule has 0 spiro atoms. The summed E-state index contributed by atoms with van der Waals surface area (Å²) >= 11 is 0. The van der Waals surface area contributed by atoms with E-state index in [1.54, 1.807) is 12.1 Å². The van der Waals surface area contributed by atoms with Crippen molar-refractivity contribution in [3.8, 4) is 11.6 Å². The number of aryl methyl sites for hydroxylation is 1. The van der Waals surface area contributed by atoms with E-state index in [0.29, 0.717) is 34.6 Å². The maximum Gasteiger partial charge on any atom is 0.251 e. The summed E-state index contributed by atoms with van der Waals surface area (Å²) in [6, 6.07) is 15.4. The quantitative estimate of drug-likeness (QED) is 0.527. The van der Waals surface area contributed by atoms with Crippen molar-refractivity contribution in [1.29, 1.82) is 0 Å². The maximum absolute atomic E-state index is 11.7. The lowest BCUT2D eigenvalue weighted by molar-refractivity contribution is 0.100. The third-order valence-corrected chi connectivity index (χ3v) is 5.46. The number of nitrogens with zero attached hydrogens (tertiary/aromatic N) is 3. The molecule has 150 valence electrons. The fourth-order valence-corrected chi connectivity index (χ4v) is 3.95. The summed E-state index contributed by atoms with van der Waals surface area (Å²) in [5.74, 6) is 1.20. The van der Waals surface area contributed by atoms with Crippen molar-refractivity contribution in [2.75, 3.05) is 5.32 Å². The van der Waals surface area contributed by atoms with Gasteiger partial charge in [0.2, 0.25) is 11.6 Å². The first-order valence-corrected chi connectivity index (χ1v) is 10.1. The number of hydrogen-bond acceptors (Lipinski definition) is 6. The van der Waals surface area contributed by atoms with Crippen molar-refractivity contribution >= 4 is 22.6 Å². The van der Waals surface area contributed by atoms with Gasteiger partial charge >= 0.3 is 0 Å². The number of benzene rings is 2. The van der Waals surface area contributed by atoms with E-state index >= 15 is 0 Å². The Morgan fingerprint density at radius 1 is 1.03 bits per heavy atom. The number of carbonyl (C=O) groups is 1. The highest BCUT2D eigenvalue weighted by atomic mass is 16.5. The van der Waals surface area contributed by atoms with Crippen LogP contribution in [-0.2, 0) is 19.4 Å². The largest absolute Gasteiger partial charge is 0.366 e. The van der Waals surface area contributed by atoms with Crippen LogP contribution in [0.25, 0.3) is 22.5 Å². The smallest absolute Gasteiger partial charge is 0.251 e. The molecular weight excluding hydrogens is 378 g/mol. The van der Waals surface area contributed by atoms with E-state index in [4.69, 9.17) is 20.2 Å². The van der Waals surface area contributed by atoms with Gasteiger partial charge < -0.3 is 15.6 Å². The van der Waals surface area contributed by atoms with Gasteiger partial charge in [-0.25, -0.2) is 9.97 Å². The Bertz CT molecular complexity index is 1230. The highest BCUT2D eigenvalue weighted by Crippen LogP contribution is 2.32. The first-order chi connectivity index (χ1) is 14.7. The predicted octanol–water partition coefficient (Wildman–Crippen LogP) is 3.87. The zero-order chi connectivity index (χ0) is 20.5. The Kier molecular flexibility index (Phi) is 4.63. The van der Waals surface area contributed by atoms with Gasteiger partial charge in [0.1, 0.15) is 11.3 Å². The molecule has 0 saturated carbocycles. The van der Waals surface area contributed by atoms with Crippen LogP contribution in [0.4, 0.5) is 5.82 Å². The summed E-state index contributed by atoms with van der Waals surface area (Å²) in [6.07, 6.45) is 4.09. The minimum absolute atomic E-state index is 0.322. The number of nitrogens with two attached hydrogens (primary N) is 1. The van der Waals surface area contributed by atoms with Gasteiger partial charge in [-0.1, -0.05) is 41.6 Å². The van der Waals surface area contributed by atoms with Gasteiger partial charge in [0.25, 0.3) is 5.91 Å². The summed E-state index contributed by atoms with van der Waals surface area (Å²) in [6.45, 7) is 0.673. The summed E-state index contributed by atoms with van der Waals surface area (Å²) in [4.78, 5) is 21.3. The number of aromatic nitrogens is 3. The van der Waals surface area contributed by atoms with E-state index in [-0.39, 0.29) is 0 Å². The van der Waals surface area contributed by atoms with Crippen molar-refractivity contribution in [3.63, 3.8) is 0 Å². The van der Waals surface area contributed by atoms with E-state index in [1.165, 1.54) is 11.1 Å². The molecule has 0 unspecified atom stereocenters. The van der Waals surface area contributed by atoms with Crippen LogP contribution >= 0.6 is 0 Å². The number of carbonyl (C=O) groups excluding carboxylic acids is 1. The number of primary amides is 1. The Morgan fingerprint density at radius 3 is 2.70 bits per heavy atom. The number of fused-ring (bicyclic) bond motifs is 2. The molecule has 1 aliphatic carbocycles. The maximum atomic E-state index is 11.7. The van der Waals surface area contributed by atoms with E-state index < -0.39 is 5.91 Å². The SMILES string of the molecule is NC(=O)c1cccc2c(-c3nc4c(c(NCc5ccccc5)n3)CCCC4)onc12. The Hall–Kier alpha value is -3.74. The van der Waals surface area contributed by atoms with E-state index in [2.05, 4.69) is 22.6 Å². The van der Waals surface area contributed by atoms with Crippen LogP contribution < -0.4 is 11.1 Å². The van der Waals surface area contributed by atoms with Gasteiger partial charge in [0.05, 0.1) is 10.9 Å². The van der Waals surface area contributed by atoms with Gasteiger partial charge in [-0.2, -0.15) is 0 Å². The van der Waals surface area contributed by atoms with Crippen LogP contribution in [0.3, 0.4) is 0 Å². The van der Waals surface area contributed by atoms with E-state index in [1.807, 2.05) is 24.3 Å². The molecule has 3 N–H and O–H groups in total. The fraction of sp³-hybridized carbons (Fsp3) is 0.217. The second kappa shape index (κ2) is 7.59. The molecule has 0 atom stereocenters. The number of anilines is 1. The zero-order valence-corrected chi connectivity index (χ0v) is 16.4. The van der Waals surface area contributed by atoms with Gasteiger partial charge in [-0.15, -0.1) is 0 Å². The van der Waals surface area contributed by atoms with Crippen molar-refractivity contribution < 1.29 is 9.32 Å².